The van der Waals surface area contributed by atoms with E-state index in [-0.39, 0.29) is 11.6 Å². The van der Waals surface area contributed by atoms with E-state index in [0.29, 0.717) is 13.1 Å². The lowest BCUT2D eigenvalue weighted by Crippen LogP contribution is -2.54. The number of hydrogen-bond acceptors (Lipinski definition) is 6. The summed E-state index contributed by atoms with van der Waals surface area (Å²) >= 11 is 1.68. The molecule has 0 bridgehead atoms. The van der Waals surface area contributed by atoms with Crippen LogP contribution in [0.25, 0.3) is 16.2 Å². The zero-order valence-electron chi connectivity index (χ0n) is 20.3. The molecule has 4 rings (SSSR count). The summed E-state index contributed by atoms with van der Waals surface area (Å²) in [5.41, 5.74) is 2.71. The maximum Gasteiger partial charge on any atom is 0.317 e. The van der Waals surface area contributed by atoms with Crippen molar-refractivity contribution in [2.24, 2.45) is 0 Å². The predicted molar refractivity (Wildman–Crippen MR) is 131 cm³/mol. The van der Waals surface area contributed by atoms with E-state index in [0.717, 1.165) is 53.0 Å². The van der Waals surface area contributed by atoms with Crippen molar-refractivity contribution in [3.8, 4) is 22.8 Å². The summed E-state index contributed by atoms with van der Waals surface area (Å²) in [7, 11) is 3.34. The third-order valence-corrected chi connectivity index (χ3v) is 6.62. The number of ether oxygens (including phenoxy) is 2. The summed E-state index contributed by atoms with van der Waals surface area (Å²) in [5, 5.41) is 3.06. The summed E-state index contributed by atoms with van der Waals surface area (Å²) in [6, 6.07) is 5.80. The fourth-order valence-electron chi connectivity index (χ4n) is 4.09. The van der Waals surface area contributed by atoms with Gasteiger partial charge >= 0.3 is 6.03 Å². The Labute approximate surface area is 199 Å². The Bertz CT molecular complexity index is 1140. The van der Waals surface area contributed by atoms with Crippen LogP contribution in [0, 0.1) is 6.92 Å². The second-order valence-corrected chi connectivity index (χ2v) is 10.6. The van der Waals surface area contributed by atoms with Crippen LogP contribution in [0.2, 0.25) is 0 Å². The van der Waals surface area contributed by atoms with Crippen molar-refractivity contribution in [2.45, 2.75) is 39.8 Å². The van der Waals surface area contributed by atoms with Crippen LogP contribution in [0.15, 0.2) is 24.4 Å². The molecule has 0 radical (unpaired) electrons. The third-order valence-electron chi connectivity index (χ3n) is 5.72. The van der Waals surface area contributed by atoms with E-state index >= 15 is 0 Å². The number of hydrogen-bond donors (Lipinski definition) is 1. The van der Waals surface area contributed by atoms with Gasteiger partial charge in [0.05, 0.1) is 25.6 Å². The first-order valence-corrected chi connectivity index (χ1v) is 12.0. The van der Waals surface area contributed by atoms with Crippen molar-refractivity contribution in [2.75, 3.05) is 40.4 Å². The molecular formula is C24H33N5O3S. The zero-order chi connectivity index (χ0) is 23.8. The van der Waals surface area contributed by atoms with E-state index in [1.54, 1.807) is 25.6 Å². The van der Waals surface area contributed by atoms with E-state index in [4.69, 9.17) is 14.5 Å². The van der Waals surface area contributed by atoms with Crippen LogP contribution in [-0.2, 0) is 6.54 Å². The molecule has 0 atom stereocenters. The van der Waals surface area contributed by atoms with E-state index in [1.807, 2.05) is 43.9 Å². The van der Waals surface area contributed by atoms with Crippen molar-refractivity contribution >= 4 is 22.3 Å². The van der Waals surface area contributed by atoms with E-state index in [2.05, 4.69) is 27.7 Å². The number of nitrogens with one attached hydrogen (secondary N) is 1. The monoisotopic (exact) mass is 471 g/mol. The first kappa shape index (κ1) is 23.4. The van der Waals surface area contributed by atoms with Gasteiger partial charge in [-0.15, -0.1) is 11.3 Å². The van der Waals surface area contributed by atoms with Gasteiger partial charge in [-0.3, -0.25) is 9.30 Å². The van der Waals surface area contributed by atoms with Gasteiger partial charge in [0.25, 0.3) is 0 Å². The summed E-state index contributed by atoms with van der Waals surface area (Å²) in [6.07, 6.45) is 2.14. The molecule has 0 aliphatic carbocycles. The Hall–Kier alpha value is -2.78. The largest absolute Gasteiger partial charge is 0.497 e. The van der Waals surface area contributed by atoms with Gasteiger partial charge in [0.1, 0.15) is 11.5 Å². The number of aryl methyl sites for hydroxylation is 1. The highest BCUT2D eigenvalue weighted by molar-refractivity contribution is 7.17. The van der Waals surface area contributed by atoms with Crippen molar-refractivity contribution in [3.05, 3.63) is 35.0 Å². The van der Waals surface area contributed by atoms with Crippen LogP contribution in [-0.4, -0.2) is 71.2 Å². The number of imidazole rings is 1. The molecule has 2 amide bonds. The standard InChI is InChI=1S/C24H33N5O3S/c1-16-14-29-19(15-27-9-11-28(12-10-27)22(30)26-24(2,3)4)21(25-23(29)33-16)18-13-17(31-5)7-8-20(18)32-6/h7-8,13-14H,9-12,15H2,1-6H3,(H,26,30). The van der Waals surface area contributed by atoms with Crippen molar-refractivity contribution in [1.82, 2.24) is 24.5 Å². The van der Waals surface area contributed by atoms with Gasteiger partial charge in [0.2, 0.25) is 0 Å². The number of rotatable bonds is 5. The second kappa shape index (κ2) is 9.23. The molecule has 178 valence electrons. The van der Waals surface area contributed by atoms with E-state index in [9.17, 15) is 4.79 Å². The SMILES string of the molecule is COc1ccc(OC)c(-c2nc3sc(C)cn3c2CN2CCN(C(=O)NC(C)(C)C)CC2)c1. The predicted octanol–water partition coefficient (Wildman–Crippen LogP) is 4.01. The average molecular weight is 472 g/mol. The molecule has 1 fully saturated rings. The Morgan fingerprint density at radius 2 is 1.88 bits per heavy atom. The molecule has 1 aliphatic rings. The molecule has 0 spiro atoms. The van der Waals surface area contributed by atoms with Crippen LogP contribution in [0.4, 0.5) is 4.79 Å². The Morgan fingerprint density at radius 3 is 2.52 bits per heavy atom. The summed E-state index contributed by atoms with van der Waals surface area (Å²) in [6.45, 7) is 11.9. The normalized spacial score (nSPS) is 15.2. The summed E-state index contributed by atoms with van der Waals surface area (Å²) in [4.78, 5) is 24.0. The second-order valence-electron chi connectivity index (χ2n) is 9.41. The van der Waals surface area contributed by atoms with E-state index < -0.39 is 0 Å². The number of fused-ring (bicyclic) bond motifs is 1. The Kier molecular flexibility index (Phi) is 6.54. The van der Waals surface area contributed by atoms with Crippen molar-refractivity contribution in [1.29, 1.82) is 0 Å². The number of carbonyl (C=O) groups is 1. The van der Waals surface area contributed by atoms with Crippen LogP contribution >= 0.6 is 11.3 Å². The molecule has 1 N–H and O–H groups in total. The number of nitrogens with zero attached hydrogens (tertiary/aromatic N) is 4. The fourth-order valence-corrected chi connectivity index (χ4v) is 4.93. The van der Waals surface area contributed by atoms with Crippen LogP contribution < -0.4 is 14.8 Å². The van der Waals surface area contributed by atoms with Gasteiger partial charge in [-0.2, -0.15) is 0 Å². The Morgan fingerprint density at radius 1 is 1.15 bits per heavy atom. The highest BCUT2D eigenvalue weighted by Gasteiger charge is 2.26. The maximum atomic E-state index is 12.5. The van der Waals surface area contributed by atoms with Gasteiger partial charge in [-0.1, -0.05) is 0 Å². The van der Waals surface area contributed by atoms with Crippen LogP contribution in [0.1, 0.15) is 31.3 Å². The fraction of sp³-hybridized carbons (Fsp3) is 0.500. The maximum absolute atomic E-state index is 12.5. The zero-order valence-corrected chi connectivity index (χ0v) is 21.1. The lowest BCUT2D eigenvalue weighted by atomic mass is 10.1. The van der Waals surface area contributed by atoms with Crippen LogP contribution in [0.3, 0.4) is 0 Å². The minimum atomic E-state index is -0.237. The molecule has 0 saturated carbocycles. The molecule has 33 heavy (non-hydrogen) atoms. The third kappa shape index (κ3) is 5.09. The number of piperazine rings is 1. The Balaban J connectivity index is 1.60. The first-order chi connectivity index (χ1) is 15.7. The lowest BCUT2D eigenvalue weighted by molar-refractivity contribution is 0.130. The quantitative estimate of drug-likeness (QED) is 0.609. The molecule has 9 heteroatoms. The van der Waals surface area contributed by atoms with Gasteiger partial charge in [-0.25, -0.2) is 9.78 Å². The minimum absolute atomic E-state index is 0.00385. The number of methoxy groups -OCH3 is 2. The molecule has 3 heterocycles. The molecule has 1 aliphatic heterocycles. The number of benzene rings is 1. The number of aromatic nitrogens is 2. The molecular weight excluding hydrogens is 438 g/mol. The minimum Gasteiger partial charge on any atom is -0.497 e. The topological polar surface area (TPSA) is 71.3 Å². The van der Waals surface area contributed by atoms with Gasteiger partial charge in [-0.05, 0) is 45.9 Å². The number of carbonyl (C=O) groups excluding carboxylic acids is 1. The van der Waals surface area contributed by atoms with Crippen LogP contribution in [0.5, 0.6) is 11.5 Å². The molecule has 2 aromatic heterocycles. The number of amides is 2. The molecule has 8 nitrogen and oxygen atoms in total. The van der Waals surface area contributed by atoms with E-state index in [1.165, 1.54) is 4.88 Å². The van der Waals surface area contributed by atoms with Gasteiger partial charge < -0.3 is 19.7 Å². The molecule has 0 unspecified atom stereocenters. The first-order valence-electron chi connectivity index (χ1n) is 11.2. The smallest absolute Gasteiger partial charge is 0.317 e. The average Bonchev–Trinajstić information content (AvgIpc) is 3.29. The van der Waals surface area contributed by atoms with Gasteiger partial charge in [0, 0.05) is 54.9 Å². The summed E-state index contributed by atoms with van der Waals surface area (Å²) < 4.78 is 13.3. The number of thiazole rings is 1. The highest BCUT2D eigenvalue weighted by atomic mass is 32.1. The molecule has 1 aromatic carbocycles. The summed E-state index contributed by atoms with van der Waals surface area (Å²) in [5.74, 6) is 1.53. The highest BCUT2D eigenvalue weighted by Crippen LogP contribution is 2.37. The number of urea groups is 1. The van der Waals surface area contributed by atoms with Gasteiger partial charge in [0.15, 0.2) is 4.96 Å². The molecule has 3 aromatic rings. The van der Waals surface area contributed by atoms with Crippen molar-refractivity contribution in [3.63, 3.8) is 0 Å². The molecule has 1 saturated heterocycles. The van der Waals surface area contributed by atoms with Crippen molar-refractivity contribution < 1.29 is 14.3 Å². The lowest BCUT2D eigenvalue weighted by Gasteiger charge is -2.36.